The molecule has 0 unspecified atom stereocenters. The number of aromatic nitrogens is 2. The monoisotopic (exact) mass is 395 g/mol. The van der Waals surface area contributed by atoms with E-state index in [0.717, 1.165) is 17.5 Å². The number of pyridine rings is 1. The second kappa shape index (κ2) is 7.92. The zero-order valence-corrected chi connectivity index (χ0v) is 16.7. The van der Waals surface area contributed by atoms with Crippen LogP contribution in [0.25, 0.3) is 5.65 Å². The second-order valence-electron chi connectivity index (χ2n) is 6.93. The number of carbonyl (C=O) groups is 2. The molecule has 152 valence electrons. The Bertz CT molecular complexity index is 1120. The number of nitrogens with zero attached hydrogens (tertiary/aromatic N) is 2. The first-order valence-corrected chi connectivity index (χ1v) is 9.36. The van der Waals surface area contributed by atoms with Gasteiger partial charge >= 0.3 is 0 Å². The molecular weight excluding hydrogens is 370 g/mol. The quantitative estimate of drug-likeness (QED) is 0.484. The minimum Gasteiger partial charge on any atom is -0.390 e. The summed E-state index contributed by atoms with van der Waals surface area (Å²) in [7, 11) is 0. The van der Waals surface area contributed by atoms with Gasteiger partial charge in [0.2, 0.25) is 0 Å². The fourth-order valence-electron chi connectivity index (χ4n) is 3.66. The van der Waals surface area contributed by atoms with Crippen LogP contribution in [0, 0.1) is 13.8 Å². The van der Waals surface area contributed by atoms with Crippen LogP contribution >= 0.6 is 0 Å². The van der Waals surface area contributed by atoms with Gasteiger partial charge in [0.15, 0.2) is 5.65 Å². The number of imidazole rings is 1. The molecule has 3 aromatic rings. The van der Waals surface area contributed by atoms with Gasteiger partial charge in [-0.3, -0.25) is 14.0 Å². The summed E-state index contributed by atoms with van der Waals surface area (Å²) in [6.07, 6.45) is 0.887. The molecule has 6 N–H and O–H groups in total. The summed E-state index contributed by atoms with van der Waals surface area (Å²) in [4.78, 5) is 28.6. The SMILES string of the molecule is CCc1cccc(C)c1CNc1cc(C(N)=O)c(C(N)=O)n2c(CO)c(C)nc12. The molecule has 0 radical (unpaired) electrons. The Hall–Kier alpha value is -3.39. The Morgan fingerprint density at radius 3 is 2.52 bits per heavy atom. The number of anilines is 1. The third-order valence-corrected chi connectivity index (χ3v) is 5.17. The van der Waals surface area contributed by atoms with E-state index in [1.807, 2.05) is 19.1 Å². The molecule has 2 amide bonds. The first-order valence-electron chi connectivity index (χ1n) is 9.36. The summed E-state index contributed by atoms with van der Waals surface area (Å²) < 4.78 is 1.42. The van der Waals surface area contributed by atoms with Crippen LogP contribution in [0.5, 0.6) is 0 Å². The molecule has 8 heteroatoms. The van der Waals surface area contributed by atoms with E-state index in [9.17, 15) is 14.7 Å². The minimum absolute atomic E-state index is 0.0277. The van der Waals surface area contributed by atoms with Crippen molar-refractivity contribution in [2.45, 2.75) is 40.3 Å². The molecule has 3 rings (SSSR count). The molecule has 29 heavy (non-hydrogen) atoms. The Balaban J connectivity index is 2.20. The van der Waals surface area contributed by atoms with Gasteiger partial charge in [0.25, 0.3) is 11.8 Å². The van der Waals surface area contributed by atoms with Gasteiger partial charge in [-0.05, 0) is 43.0 Å². The van der Waals surface area contributed by atoms with E-state index >= 15 is 0 Å². The predicted octanol–water partition coefficient (Wildman–Crippen LogP) is 1.82. The largest absolute Gasteiger partial charge is 0.390 e. The number of hydrogen-bond donors (Lipinski definition) is 4. The average Bonchev–Trinajstić information content (AvgIpc) is 3.01. The number of aliphatic hydroxyl groups is 1. The van der Waals surface area contributed by atoms with Crippen molar-refractivity contribution in [1.82, 2.24) is 9.38 Å². The van der Waals surface area contributed by atoms with Gasteiger partial charge in [0.05, 0.1) is 29.2 Å². The Kier molecular flexibility index (Phi) is 5.56. The van der Waals surface area contributed by atoms with Crippen LogP contribution < -0.4 is 16.8 Å². The van der Waals surface area contributed by atoms with Gasteiger partial charge in [-0.1, -0.05) is 25.1 Å². The van der Waals surface area contributed by atoms with E-state index in [4.69, 9.17) is 11.5 Å². The molecule has 0 aliphatic rings. The third-order valence-electron chi connectivity index (χ3n) is 5.17. The van der Waals surface area contributed by atoms with Crippen LogP contribution in [0.2, 0.25) is 0 Å². The van der Waals surface area contributed by atoms with Crippen LogP contribution in [-0.2, 0) is 19.6 Å². The molecule has 8 nitrogen and oxygen atoms in total. The summed E-state index contributed by atoms with van der Waals surface area (Å²) in [5.74, 6) is -1.61. The number of amides is 2. The van der Waals surface area contributed by atoms with Crippen molar-refractivity contribution in [3.8, 4) is 0 Å². The molecule has 0 aliphatic carbocycles. The molecule has 0 spiro atoms. The molecule has 1 aromatic carbocycles. The topological polar surface area (TPSA) is 136 Å². The van der Waals surface area contributed by atoms with Crippen LogP contribution in [0.15, 0.2) is 24.3 Å². The number of rotatable bonds is 7. The average molecular weight is 395 g/mol. The molecule has 0 atom stereocenters. The van der Waals surface area contributed by atoms with Crippen molar-refractivity contribution >= 4 is 23.1 Å². The van der Waals surface area contributed by atoms with E-state index in [2.05, 4.69) is 23.3 Å². The smallest absolute Gasteiger partial charge is 0.266 e. The Labute approximate surface area is 168 Å². The van der Waals surface area contributed by atoms with E-state index in [0.29, 0.717) is 29.3 Å². The molecule has 2 heterocycles. The number of nitrogens with one attached hydrogen (secondary N) is 1. The highest BCUT2D eigenvalue weighted by Gasteiger charge is 2.24. The molecular formula is C21H25N5O3. The first kappa shape index (κ1) is 20.3. The van der Waals surface area contributed by atoms with E-state index in [-0.39, 0.29) is 17.9 Å². The van der Waals surface area contributed by atoms with Gasteiger partial charge < -0.3 is 21.9 Å². The zero-order valence-electron chi connectivity index (χ0n) is 16.7. The summed E-state index contributed by atoms with van der Waals surface area (Å²) in [5, 5.41) is 13.1. The number of aryl methyl sites for hydroxylation is 3. The van der Waals surface area contributed by atoms with Crippen LogP contribution in [-0.4, -0.2) is 26.3 Å². The summed E-state index contributed by atoms with van der Waals surface area (Å²) in [6, 6.07) is 7.64. The minimum atomic E-state index is -0.824. The summed E-state index contributed by atoms with van der Waals surface area (Å²) >= 11 is 0. The first-order chi connectivity index (χ1) is 13.8. The van der Waals surface area contributed by atoms with Crippen LogP contribution in [0.1, 0.15) is 55.8 Å². The van der Waals surface area contributed by atoms with Gasteiger partial charge in [-0.25, -0.2) is 4.98 Å². The fourth-order valence-corrected chi connectivity index (χ4v) is 3.66. The van der Waals surface area contributed by atoms with E-state index in [1.54, 1.807) is 6.92 Å². The van der Waals surface area contributed by atoms with Crippen molar-refractivity contribution in [2.24, 2.45) is 11.5 Å². The van der Waals surface area contributed by atoms with Crippen LogP contribution in [0.4, 0.5) is 5.69 Å². The number of hydrogen-bond acceptors (Lipinski definition) is 5. The highest BCUT2D eigenvalue weighted by molar-refractivity contribution is 6.07. The van der Waals surface area contributed by atoms with E-state index in [1.165, 1.54) is 16.0 Å². The Morgan fingerprint density at radius 1 is 1.21 bits per heavy atom. The maximum Gasteiger partial charge on any atom is 0.266 e. The third kappa shape index (κ3) is 3.54. The molecule has 0 aliphatic heterocycles. The lowest BCUT2D eigenvalue weighted by Crippen LogP contribution is -2.25. The molecule has 0 bridgehead atoms. The normalized spacial score (nSPS) is 11.0. The standard InChI is InChI=1S/C21H25N5O3/c1-4-13-7-5-6-11(2)15(13)9-24-16-8-14(19(22)28)18(20(23)29)26-17(10-27)12(3)25-21(16)26/h5-8,24,27H,4,9-10H2,1-3H3,(H2,22,28)(H2,23,29). The number of benzene rings is 1. The molecule has 0 saturated heterocycles. The maximum atomic E-state index is 12.1. The van der Waals surface area contributed by atoms with Gasteiger partial charge in [0.1, 0.15) is 5.69 Å². The molecule has 2 aromatic heterocycles. The zero-order chi connectivity index (χ0) is 21.3. The molecule has 0 saturated carbocycles. The number of fused-ring (bicyclic) bond motifs is 1. The Morgan fingerprint density at radius 2 is 1.93 bits per heavy atom. The lowest BCUT2D eigenvalue weighted by molar-refractivity contribution is 0.0962. The summed E-state index contributed by atoms with van der Waals surface area (Å²) in [5.41, 5.74) is 16.3. The van der Waals surface area contributed by atoms with Crippen molar-refractivity contribution < 1.29 is 14.7 Å². The maximum absolute atomic E-state index is 12.1. The van der Waals surface area contributed by atoms with Gasteiger partial charge in [-0.2, -0.15) is 0 Å². The predicted molar refractivity (Wildman–Crippen MR) is 111 cm³/mol. The van der Waals surface area contributed by atoms with Gasteiger partial charge in [-0.15, -0.1) is 0 Å². The highest BCUT2D eigenvalue weighted by Crippen LogP contribution is 2.27. The number of primary amides is 2. The fraction of sp³-hybridized carbons (Fsp3) is 0.286. The van der Waals surface area contributed by atoms with Crippen molar-refractivity contribution in [3.63, 3.8) is 0 Å². The lowest BCUT2D eigenvalue weighted by atomic mass is 10.00. The highest BCUT2D eigenvalue weighted by atomic mass is 16.3. The van der Waals surface area contributed by atoms with Crippen molar-refractivity contribution in [2.75, 3.05) is 5.32 Å². The number of nitrogens with two attached hydrogens (primary N) is 2. The van der Waals surface area contributed by atoms with Gasteiger partial charge in [0, 0.05) is 6.54 Å². The summed E-state index contributed by atoms with van der Waals surface area (Å²) in [6.45, 7) is 5.98. The second-order valence-corrected chi connectivity index (χ2v) is 6.93. The molecule has 0 fully saturated rings. The van der Waals surface area contributed by atoms with E-state index < -0.39 is 11.8 Å². The van der Waals surface area contributed by atoms with Crippen molar-refractivity contribution in [3.05, 3.63) is 63.6 Å². The van der Waals surface area contributed by atoms with Crippen LogP contribution in [0.3, 0.4) is 0 Å². The lowest BCUT2D eigenvalue weighted by Gasteiger charge is -2.16. The number of carbonyl (C=O) groups excluding carboxylic acids is 2. The number of aliphatic hydroxyl groups excluding tert-OH is 1. The van der Waals surface area contributed by atoms with Crippen molar-refractivity contribution in [1.29, 1.82) is 0 Å².